The molecule has 0 radical (unpaired) electrons. The minimum atomic E-state index is -0.487. The van der Waals surface area contributed by atoms with Crippen LogP contribution >= 0.6 is 11.6 Å². The van der Waals surface area contributed by atoms with Crippen LogP contribution in [-0.2, 0) is 4.74 Å². The number of halogens is 1. The maximum atomic E-state index is 11.2. The van der Waals surface area contributed by atoms with Crippen LogP contribution in [0.2, 0.25) is 5.02 Å². The molecule has 7 heteroatoms. The van der Waals surface area contributed by atoms with E-state index in [1.165, 1.54) is 6.07 Å². The van der Waals surface area contributed by atoms with Crippen molar-refractivity contribution in [1.29, 1.82) is 0 Å². The summed E-state index contributed by atoms with van der Waals surface area (Å²) in [5.74, 6) is 0. The van der Waals surface area contributed by atoms with E-state index in [-0.39, 0.29) is 18.4 Å². The molecule has 1 fully saturated rings. The molecule has 1 atom stereocenters. The van der Waals surface area contributed by atoms with Crippen molar-refractivity contribution >= 4 is 23.0 Å². The van der Waals surface area contributed by atoms with Crippen molar-refractivity contribution in [2.45, 2.75) is 25.6 Å². The third kappa shape index (κ3) is 3.20. The van der Waals surface area contributed by atoms with Gasteiger partial charge in [-0.1, -0.05) is 11.6 Å². The molecule has 0 aromatic heterocycles. The topological polar surface area (TPSA) is 75.8 Å². The van der Waals surface area contributed by atoms with Crippen LogP contribution in [-0.4, -0.2) is 41.4 Å². The average molecular weight is 301 g/mol. The van der Waals surface area contributed by atoms with E-state index in [9.17, 15) is 15.2 Å². The van der Waals surface area contributed by atoms with E-state index in [4.69, 9.17) is 16.3 Å². The Kier molecular flexibility index (Phi) is 4.17. The first-order valence-electron chi connectivity index (χ1n) is 6.30. The number of nitrogens with zero attached hydrogens (tertiary/aromatic N) is 2. The second-order valence-electron chi connectivity index (χ2n) is 5.45. The highest BCUT2D eigenvalue weighted by Gasteiger charge is 2.35. The number of benzene rings is 1. The summed E-state index contributed by atoms with van der Waals surface area (Å²) in [5, 5.41) is 20.8. The van der Waals surface area contributed by atoms with Crippen LogP contribution in [0.3, 0.4) is 0 Å². The Morgan fingerprint density at radius 3 is 2.90 bits per heavy atom. The van der Waals surface area contributed by atoms with Crippen molar-refractivity contribution in [1.82, 2.24) is 0 Å². The van der Waals surface area contributed by atoms with Crippen molar-refractivity contribution in [3.05, 3.63) is 33.3 Å². The smallest absolute Gasteiger partial charge is 0.294 e. The van der Waals surface area contributed by atoms with Crippen LogP contribution in [0.25, 0.3) is 0 Å². The maximum Gasteiger partial charge on any atom is 0.294 e. The Hall–Kier alpha value is -1.37. The summed E-state index contributed by atoms with van der Waals surface area (Å²) < 4.78 is 5.71. The molecule has 1 aliphatic rings. The van der Waals surface area contributed by atoms with Gasteiger partial charge in [0, 0.05) is 24.2 Å². The Morgan fingerprint density at radius 2 is 2.30 bits per heavy atom. The molecule has 1 heterocycles. The van der Waals surface area contributed by atoms with Gasteiger partial charge in [-0.3, -0.25) is 10.1 Å². The molecule has 0 spiro atoms. The molecule has 1 aromatic rings. The molecule has 6 nitrogen and oxygen atoms in total. The quantitative estimate of drug-likeness (QED) is 0.684. The number of anilines is 1. The number of rotatable bonds is 3. The van der Waals surface area contributed by atoms with Gasteiger partial charge in [-0.15, -0.1) is 0 Å². The van der Waals surface area contributed by atoms with E-state index in [1.807, 2.05) is 18.7 Å². The van der Waals surface area contributed by atoms with Crippen molar-refractivity contribution in [2.75, 3.05) is 24.6 Å². The molecule has 1 N–H and O–H groups in total. The van der Waals surface area contributed by atoms with Crippen LogP contribution < -0.4 is 4.90 Å². The molecule has 2 rings (SSSR count). The van der Waals surface area contributed by atoms with E-state index in [0.717, 1.165) is 0 Å². The zero-order chi connectivity index (χ0) is 14.9. The zero-order valence-corrected chi connectivity index (χ0v) is 12.1. The molecular formula is C13H17ClN2O4. The number of hydrogen-bond acceptors (Lipinski definition) is 5. The summed E-state index contributed by atoms with van der Waals surface area (Å²) in [6.07, 6.45) is -0.367. The number of aliphatic hydroxyl groups excluding tert-OH is 1. The molecule has 1 aromatic carbocycles. The third-order valence-corrected chi connectivity index (χ3v) is 3.39. The second kappa shape index (κ2) is 5.55. The first-order chi connectivity index (χ1) is 9.32. The van der Waals surface area contributed by atoms with Crippen LogP contribution in [0.4, 0.5) is 11.4 Å². The Morgan fingerprint density at radius 1 is 1.60 bits per heavy atom. The van der Waals surface area contributed by atoms with Gasteiger partial charge in [0.1, 0.15) is 5.69 Å². The minimum absolute atomic E-state index is 0.0353. The lowest BCUT2D eigenvalue weighted by atomic mass is 10.0. The maximum absolute atomic E-state index is 11.2. The van der Waals surface area contributed by atoms with Crippen LogP contribution in [0, 0.1) is 10.1 Å². The summed E-state index contributed by atoms with van der Waals surface area (Å²) in [5.41, 5.74) is -0.0276. The number of morpholine rings is 1. The molecule has 1 saturated heterocycles. The molecule has 0 bridgehead atoms. The van der Waals surface area contributed by atoms with Gasteiger partial charge in [0.05, 0.1) is 23.2 Å². The van der Waals surface area contributed by atoms with E-state index in [0.29, 0.717) is 23.8 Å². The lowest BCUT2D eigenvalue weighted by Gasteiger charge is -2.43. The number of hydrogen-bond donors (Lipinski definition) is 1. The van der Waals surface area contributed by atoms with Crippen molar-refractivity contribution in [3.63, 3.8) is 0 Å². The van der Waals surface area contributed by atoms with E-state index in [2.05, 4.69) is 0 Å². The zero-order valence-electron chi connectivity index (χ0n) is 11.4. The molecule has 0 saturated carbocycles. The summed E-state index contributed by atoms with van der Waals surface area (Å²) in [7, 11) is 0. The molecular weight excluding hydrogens is 284 g/mol. The van der Waals surface area contributed by atoms with Crippen molar-refractivity contribution < 1.29 is 14.8 Å². The van der Waals surface area contributed by atoms with Gasteiger partial charge in [-0.05, 0) is 26.0 Å². The van der Waals surface area contributed by atoms with Gasteiger partial charge < -0.3 is 14.7 Å². The first-order valence-corrected chi connectivity index (χ1v) is 6.68. The Bertz CT molecular complexity index is 521. The fraction of sp³-hybridized carbons (Fsp3) is 0.538. The minimum Gasteiger partial charge on any atom is -0.394 e. The lowest BCUT2D eigenvalue weighted by molar-refractivity contribution is -0.384. The molecule has 0 aliphatic carbocycles. The molecule has 0 amide bonds. The molecule has 110 valence electrons. The monoisotopic (exact) mass is 300 g/mol. The summed E-state index contributed by atoms with van der Waals surface area (Å²) in [6, 6.07) is 4.60. The van der Waals surface area contributed by atoms with Crippen LogP contribution in [0.1, 0.15) is 13.8 Å². The SMILES string of the molecule is CC1(C)CN(c2ccc(Cl)cc2[N+](=O)[O-])CC(CO)O1. The number of nitro benzene ring substituents is 1. The van der Waals surface area contributed by atoms with E-state index in [1.54, 1.807) is 12.1 Å². The molecule has 20 heavy (non-hydrogen) atoms. The van der Waals surface area contributed by atoms with Gasteiger partial charge in [0.25, 0.3) is 5.69 Å². The fourth-order valence-corrected chi connectivity index (χ4v) is 2.65. The predicted octanol–water partition coefficient (Wildman–Crippen LogP) is 2.22. The Balaban J connectivity index is 2.37. The van der Waals surface area contributed by atoms with E-state index >= 15 is 0 Å². The van der Waals surface area contributed by atoms with Gasteiger partial charge in [-0.2, -0.15) is 0 Å². The highest BCUT2D eigenvalue weighted by atomic mass is 35.5. The summed E-state index contributed by atoms with van der Waals surface area (Å²) in [6.45, 7) is 4.57. The number of aliphatic hydroxyl groups is 1. The second-order valence-corrected chi connectivity index (χ2v) is 5.89. The van der Waals surface area contributed by atoms with Crippen molar-refractivity contribution in [2.24, 2.45) is 0 Å². The van der Waals surface area contributed by atoms with Gasteiger partial charge in [0.15, 0.2) is 0 Å². The van der Waals surface area contributed by atoms with Gasteiger partial charge in [-0.25, -0.2) is 0 Å². The standard InChI is InChI=1S/C13H17ClN2O4/c1-13(2)8-15(6-10(7-17)20-13)11-4-3-9(14)5-12(11)16(18)19/h3-5,10,17H,6-8H2,1-2H3. The lowest BCUT2D eigenvalue weighted by Crippen LogP contribution is -2.54. The summed E-state index contributed by atoms with van der Waals surface area (Å²) in [4.78, 5) is 12.6. The predicted molar refractivity (Wildman–Crippen MR) is 76.4 cm³/mol. The Labute approximate surface area is 122 Å². The molecule has 1 unspecified atom stereocenters. The van der Waals surface area contributed by atoms with E-state index < -0.39 is 10.5 Å². The number of nitro groups is 1. The van der Waals surface area contributed by atoms with Crippen LogP contribution in [0.5, 0.6) is 0 Å². The average Bonchev–Trinajstić information content (AvgIpc) is 2.36. The number of ether oxygens (including phenoxy) is 1. The van der Waals surface area contributed by atoms with Crippen molar-refractivity contribution in [3.8, 4) is 0 Å². The molecule has 1 aliphatic heterocycles. The van der Waals surface area contributed by atoms with Crippen LogP contribution in [0.15, 0.2) is 18.2 Å². The van der Waals surface area contributed by atoms with Gasteiger partial charge in [0.2, 0.25) is 0 Å². The first kappa shape index (κ1) is 15.0. The summed E-state index contributed by atoms with van der Waals surface area (Å²) >= 11 is 5.82. The highest BCUT2D eigenvalue weighted by molar-refractivity contribution is 6.30. The third-order valence-electron chi connectivity index (χ3n) is 3.16. The fourth-order valence-electron chi connectivity index (χ4n) is 2.48. The van der Waals surface area contributed by atoms with Gasteiger partial charge >= 0.3 is 0 Å². The normalized spacial score (nSPS) is 21.8. The largest absolute Gasteiger partial charge is 0.394 e. The highest BCUT2D eigenvalue weighted by Crippen LogP contribution is 2.34.